The lowest BCUT2D eigenvalue weighted by molar-refractivity contribution is 1.10. The third-order valence-corrected chi connectivity index (χ3v) is 20.0. The average molecular weight is 1340 g/mol. The Kier molecular flexibility index (Phi) is 15.8. The van der Waals surface area contributed by atoms with Gasteiger partial charge >= 0.3 is 0 Å². The molecule has 0 aliphatic heterocycles. The molecule has 0 N–H and O–H groups in total. The largest absolute Gasteiger partial charge is 0.292 e. The molecule has 0 amide bonds. The maximum Gasteiger partial charge on any atom is 0.160 e. The monoisotopic (exact) mass is 1340 g/mol. The van der Waals surface area contributed by atoms with Gasteiger partial charge in [0.05, 0.1) is 45.2 Å². The van der Waals surface area contributed by atoms with Crippen molar-refractivity contribution in [1.82, 2.24) is 34.5 Å². The van der Waals surface area contributed by atoms with Gasteiger partial charge in [-0.15, -0.1) is 0 Å². The van der Waals surface area contributed by atoms with E-state index < -0.39 is 0 Å². The van der Waals surface area contributed by atoms with E-state index in [9.17, 15) is 0 Å². The molecule has 7 nitrogen and oxygen atoms in total. The molecule has 7 heteroatoms. The van der Waals surface area contributed by atoms with E-state index in [0.717, 1.165) is 162 Å². The average Bonchev–Trinajstić information content (AvgIpc) is 1.62. The van der Waals surface area contributed by atoms with Gasteiger partial charge in [-0.2, -0.15) is 0 Å². The Bertz CT molecular complexity index is 6220. The number of imidazole rings is 1. The summed E-state index contributed by atoms with van der Waals surface area (Å²) < 4.78 is 2.39. The van der Waals surface area contributed by atoms with Crippen LogP contribution in [0, 0.1) is 0 Å². The second-order valence-corrected chi connectivity index (χ2v) is 26.6. The number of pyridine rings is 1. The Balaban J connectivity index is 0.772. The maximum atomic E-state index is 5.89. The van der Waals surface area contributed by atoms with E-state index in [1.807, 2.05) is 48.5 Å². The number of para-hydroxylation sites is 1. The van der Waals surface area contributed by atoms with E-state index >= 15 is 0 Å². The summed E-state index contributed by atoms with van der Waals surface area (Å²) in [5.74, 6) is 2.10. The summed E-state index contributed by atoms with van der Waals surface area (Å²) in [7, 11) is 0. The number of benzene rings is 15. The quantitative estimate of drug-likeness (QED) is 0.108. The number of fused-ring (bicyclic) bond motifs is 4. The molecule has 19 rings (SSSR count). The van der Waals surface area contributed by atoms with Crippen molar-refractivity contribution < 1.29 is 0 Å². The summed E-state index contributed by atoms with van der Waals surface area (Å²) in [4.78, 5) is 32.7. The second kappa shape index (κ2) is 26.8. The molecule has 0 fully saturated rings. The van der Waals surface area contributed by atoms with Crippen LogP contribution in [-0.4, -0.2) is 34.5 Å². The molecule has 0 saturated heterocycles. The SMILES string of the molecule is c1ccc(-c2cc(-c3cc(-c4cc(-c5ccccc5)nc(-c5ccccc5)n4)cc(-c4cc(-c5ccccc5)nc(-c5ccccc5)n4)c3)cc(-c3cccc(-c4ccc(-c5nc6c(-c7ccc8ccccc8c7)c7ccccc7c(-c7ccc8ccccc8c7)c6n5-c5ccccc5)cc4)c3)n2)cc1. The van der Waals surface area contributed by atoms with Gasteiger partial charge in [-0.3, -0.25) is 4.57 Å². The van der Waals surface area contributed by atoms with Gasteiger partial charge in [-0.25, -0.2) is 29.9 Å². The highest BCUT2D eigenvalue weighted by molar-refractivity contribution is 6.21. The summed E-state index contributed by atoms with van der Waals surface area (Å²) >= 11 is 0. The van der Waals surface area contributed by atoms with Crippen LogP contribution in [0.5, 0.6) is 0 Å². The van der Waals surface area contributed by atoms with Crippen LogP contribution in [0.25, 0.3) is 195 Å². The van der Waals surface area contributed by atoms with Crippen LogP contribution in [-0.2, 0) is 0 Å². The van der Waals surface area contributed by atoms with E-state index in [0.29, 0.717) is 11.6 Å². The molecule has 4 heterocycles. The predicted molar refractivity (Wildman–Crippen MR) is 433 cm³/mol. The third kappa shape index (κ3) is 12.0. The molecular weight excluding hydrogens is 1280 g/mol. The van der Waals surface area contributed by atoms with Crippen molar-refractivity contribution in [2.75, 3.05) is 0 Å². The van der Waals surface area contributed by atoms with Crippen LogP contribution in [0.15, 0.2) is 382 Å². The van der Waals surface area contributed by atoms with E-state index in [2.05, 4.69) is 338 Å². The van der Waals surface area contributed by atoms with E-state index in [-0.39, 0.29) is 0 Å². The number of hydrogen-bond acceptors (Lipinski definition) is 6. The summed E-state index contributed by atoms with van der Waals surface area (Å²) in [5, 5.41) is 7.05. The Labute approximate surface area is 608 Å². The highest BCUT2D eigenvalue weighted by Crippen LogP contribution is 2.48. The van der Waals surface area contributed by atoms with Crippen molar-refractivity contribution in [1.29, 1.82) is 0 Å². The van der Waals surface area contributed by atoms with Crippen molar-refractivity contribution in [3.8, 4) is 152 Å². The van der Waals surface area contributed by atoms with Gasteiger partial charge in [0, 0.05) is 66.9 Å². The van der Waals surface area contributed by atoms with Crippen molar-refractivity contribution in [2.45, 2.75) is 0 Å². The van der Waals surface area contributed by atoms with Gasteiger partial charge in [0.15, 0.2) is 11.6 Å². The Morgan fingerprint density at radius 3 is 1.05 bits per heavy atom. The van der Waals surface area contributed by atoms with E-state index in [1.54, 1.807) is 0 Å². The lowest BCUT2D eigenvalue weighted by Gasteiger charge is -2.18. The van der Waals surface area contributed by atoms with Crippen molar-refractivity contribution >= 4 is 43.4 Å². The first-order chi connectivity index (χ1) is 52.0. The van der Waals surface area contributed by atoms with Crippen LogP contribution < -0.4 is 0 Å². The highest BCUT2D eigenvalue weighted by atomic mass is 15.1. The number of nitrogens with zero attached hydrogens (tertiary/aromatic N) is 7. The van der Waals surface area contributed by atoms with Gasteiger partial charge in [-0.1, -0.05) is 309 Å². The predicted octanol–water partition coefficient (Wildman–Crippen LogP) is 25.1. The topological polar surface area (TPSA) is 82.3 Å². The molecule has 0 radical (unpaired) electrons. The summed E-state index contributed by atoms with van der Waals surface area (Å²) in [6.45, 7) is 0. The molecular formula is C98H63N7. The van der Waals surface area contributed by atoms with E-state index in [4.69, 9.17) is 29.9 Å². The smallest absolute Gasteiger partial charge is 0.160 e. The van der Waals surface area contributed by atoms with Gasteiger partial charge in [0.2, 0.25) is 0 Å². The minimum absolute atomic E-state index is 0.629. The summed E-state index contributed by atoms with van der Waals surface area (Å²) in [6, 6.07) is 135. The number of rotatable bonds is 14. The van der Waals surface area contributed by atoms with Crippen LogP contribution in [0.3, 0.4) is 0 Å². The first-order valence-electron chi connectivity index (χ1n) is 35.5. The Morgan fingerprint density at radius 2 is 0.533 bits per heavy atom. The van der Waals surface area contributed by atoms with Crippen molar-refractivity contribution in [2.24, 2.45) is 0 Å². The second-order valence-electron chi connectivity index (χ2n) is 26.6. The fourth-order valence-electron chi connectivity index (χ4n) is 14.8. The molecule has 0 saturated carbocycles. The summed E-state index contributed by atoms with van der Waals surface area (Å²) in [6.07, 6.45) is 0. The third-order valence-electron chi connectivity index (χ3n) is 20.0. The summed E-state index contributed by atoms with van der Waals surface area (Å²) in [5.41, 5.74) is 24.9. The van der Waals surface area contributed by atoms with E-state index in [1.165, 1.54) is 21.5 Å². The highest BCUT2D eigenvalue weighted by Gasteiger charge is 2.27. The lowest BCUT2D eigenvalue weighted by atomic mass is 9.89. The fraction of sp³-hybridized carbons (Fsp3) is 0. The maximum absolute atomic E-state index is 5.89. The molecule has 0 spiro atoms. The van der Waals surface area contributed by atoms with Gasteiger partial charge in [0.25, 0.3) is 0 Å². The fourth-order valence-corrected chi connectivity index (χ4v) is 14.8. The first kappa shape index (κ1) is 61.9. The van der Waals surface area contributed by atoms with Gasteiger partial charge in [-0.05, 0) is 138 Å². The Morgan fingerprint density at radius 1 is 0.181 bits per heavy atom. The molecule has 15 aromatic carbocycles. The van der Waals surface area contributed by atoms with Gasteiger partial charge in [0.1, 0.15) is 5.82 Å². The van der Waals surface area contributed by atoms with Crippen molar-refractivity contribution in [3.05, 3.63) is 382 Å². The molecule has 0 aliphatic carbocycles. The normalized spacial score (nSPS) is 11.4. The van der Waals surface area contributed by atoms with Crippen LogP contribution in [0.2, 0.25) is 0 Å². The van der Waals surface area contributed by atoms with Crippen LogP contribution >= 0.6 is 0 Å². The first-order valence-corrected chi connectivity index (χ1v) is 35.5. The van der Waals surface area contributed by atoms with Crippen LogP contribution in [0.1, 0.15) is 0 Å². The molecule has 19 aromatic rings. The molecule has 0 atom stereocenters. The molecule has 4 aromatic heterocycles. The molecule has 0 unspecified atom stereocenters. The zero-order valence-electron chi connectivity index (χ0n) is 57.0. The molecule has 0 bridgehead atoms. The lowest BCUT2D eigenvalue weighted by Crippen LogP contribution is -1.99. The molecule has 105 heavy (non-hydrogen) atoms. The number of hydrogen-bond donors (Lipinski definition) is 0. The standard InChI is InChI=1S/C98H63N7/c1-7-28-67(29-8-1)86-60-80(79-57-81(90-62-88(68-30-9-2-10-31-68)100-96(102-90)70-34-13-4-14-35-70)59-82(58-79)91-63-89(69-32-11-3-12-33-69)101-97(103-91)71-36-15-5-16-37-71)61-87(99-86)76-41-25-40-75(54-76)66-46-50-72(51-47-66)98-104-94-92(77-52-48-64-26-19-21-38-73(64)55-77)84-44-23-24-45-85(84)93(95(94)105(98)83-42-17-6-18-43-83)78-53-49-65-27-20-22-39-74(65)56-78/h1-63H. The minimum Gasteiger partial charge on any atom is -0.292 e. The molecule has 490 valence electrons. The minimum atomic E-state index is 0.629. The van der Waals surface area contributed by atoms with Crippen LogP contribution in [0.4, 0.5) is 0 Å². The van der Waals surface area contributed by atoms with Crippen molar-refractivity contribution in [3.63, 3.8) is 0 Å². The molecule has 0 aliphatic rings. The Hall–Kier alpha value is -14.1. The number of aromatic nitrogens is 7. The zero-order chi connectivity index (χ0) is 69.6. The zero-order valence-corrected chi connectivity index (χ0v) is 57.0. The van der Waals surface area contributed by atoms with Gasteiger partial charge < -0.3 is 0 Å².